The Bertz CT molecular complexity index is 277. The van der Waals surface area contributed by atoms with Gasteiger partial charge < -0.3 is 4.57 Å². The van der Waals surface area contributed by atoms with Gasteiger partial charge in [-0.2, -0.15) is 0 Å². The predicted molar refractivity (Wildman–Crippen MR) is 47.9 cm³/mol. The molecule has 0 aromatic carbocycles. The third-order valence-corrected chi connectivity index (χ3v) is 2.63. The van der Waals surface area contributed by atoms with Crippen molar-refractivity contribution >= 4 is 0 Å². The van der Waals surface area contributed by atoms with Gasteiger partial charge in [0, 0.05) is 19.6 Å². The van der Waals surface area contributed by atoms with E-state index in [0.717, 1.165) is 19.6 Å². The van der Waals surface area contributed by atoms with Crippen molar-refractivity contribution in [3.05, 3.63) is 17.7 Å². The number of hydrogen-bond acceptors (Lipinski definition) is 2. The Kier molecular flexibility index (Phi) is 1.89. The van der Waals surface area contributed by atoms with Crippen LogP contribution in [0.1, 0.15) is 18.3 Å². The third-order valence-electron chi connectivity index (χ3n) is 2.63. The molecule has 12 heavy (non-hydrogen) atoms. The van der Waals surface area contributed by atoms with Crippen LogP contribution in [0.2, 0.25) is 0 Å². The van der Waals surface area contributed by atoms with E-state index < -0.39 is 0 Å². The Morgan fingerprint density at radius 3 is 3.08 bits per heavy atom. The lowest BCUT2D eigenvalue weighted by Crippen LogP contribution is -2.33. The molecule has 0 N–H and O–H groups in total. The summed E-state index contributed by atoms with van der Waals surface area (Å²) in [6, 6.07) is 0. The minimum atomic E-state index is 1.07. The van der Waals surface area contributed by atoms with Gasteiger partial charge in [0.15, 0.2) is 0 Å². The Morgan fingerprint density at radius 1 is 1.50 bits per heavy atom. The summed E-state index contributed by atoms with van der Waals surface area (Å²) >= 11 is 0. The molecule has 3 nitrogen and oxygen atoms in total. The summed E-state index contributed by atoms with van der Waals surface area (Å²) in [5.41, 5.74) is 2.58. The standard InChI is InChI=1S/C9H15N3/c1-3-11-4-5-12-7-10-8(2)9(12)6-11/h7H,3-6H2,1-2H3. The summed E-state index contributed by atoms with van der Waals surface area (Å²) in [5, 5.41) is 0. The van der Waals surface area contributed by atoms with E-state index in [-0.39, 0.29) is 0 Å². The highest BCUT2D eigenvalue weighted by Gasteiger charge is 2.16. The molecule has 1 aliphatic heterocycles. The van der Waals surface area contributed by atoms with E-state index in [1.54, 1.807) is 0 Å². The SMILES string of the molecule is CCN1CCn2cnc(C)c2C1. The largest absolute Gasteiger partial charge is 0.332 e. The summed E-state index contributed by atoms with van der Waals surface area (Å²) < 4.78 is 2.27. The fourth-order valence-corrected chi connectivity index (χ4v) is 1.72. The first-order valence-electron chi connectivity index (χ1n) is 4.54. The summed E-state index contributed by atoms with van der Waals surface area (Å²) in [5.74, 6) is 0. The van der Waals surface area contributed by atoms with Crippen molar-refractivity contribution in [2.75, 3.05) is 13.1 Å². The Balaban J connectivity index is 2.26. The summed E-state index contributed by atoms with van der Waals surface area (Å²) in [6.07, 6.45) is 1.96. The second-order valence-corrected chi connectivity index (χ2v) is 3.34. The third kappa shape index (κ3) is 1.14. The highest BCUT2D eigenvalue weighted by atomic mass is 15.2. The van der Waals surface area contributed by atoms with Crippen molar-refractivity contribution in [2.24, 2.45) is 0 Å². The number of aryl methyl sites for hydroxylation is 1. The van der Waals surface area contributed by atoms with Crippen LogP contribution in [0.4, 0.5) is 0 Å². The molecule has 1 aliphatic rings. The maximum absolute atomic E-state index is 4.30. The number of imidazole rings is 1. The average Bonchev–Trinajstić information content (AvgIpc) is 2.47. The van der Waals surface area contributed by atoms with E-state index >= 15 is 0 Å². The molecule has 66 valence electrons. The molecular formula is C9H15N3. The summed E-state index contributed by atoms with van der Waals surface area (Å²) in [7, 11) is 0. The van der Waals surface area contributed by atoms with Gasteiger partial charge in [-0.05, 0) is 13.5 Å². The Labute approximate surface area is 73.0 Å². The van der Waals surface area contributed by atoms with Gasteiger partial charge in [-0.3, -0.25) is 4.90 Å². The van der Waals surface area contributed by atoms with Gasteiger partial charge in [-0.1, -0.05) is 6.92 Å². The number of rotatable bonds is 1. The lowest BCUT2D eigenvalue weighted by atomic mass is 10.2. The molecule has 0 fully saturated rings. The highest BCUT2D eigenvalue weighted by Crippen LogP contribution is 2.14. The molecule has 0 saturated heterocycles. The van der Waals surface area contributed by atoms with E-state index in [4.69, 9.17) is 0 Å². The van der Waals surface area contributed by atoms with Crippen molar-refractivity contribution < 1.29 is 0 Å². The highest BCUT2D eigenvalue weighted by molar-refractivity contribution is 5.12. The molecule has 0 atom stereocenters. The molecule has 0 unspecified atom stereocenters. The van der Waals surface area contributed by atoms with Gasteiger partial charge in [0.2, 0.25) is 0 Å². The number of hydrogen-bond donors (Lipinski definition) is 0. The second-order valence-electron chi connectivity index (χ2n) is 3.34. The average molecular weight is 165 g/mol. The zero-order chi connectivity index (χ0) is 8.55. The monoisotopic (exact) mass is 165 g/mol. The van der Waals surface area contributed by atoms with Gasteiger partial charge >= 0.3 is 0 Å². The molecule has 0 spiro atoms. The molecule has 2 heterocycles. The second kappa shape index (κ2) is 2.90. The zero-order valence-corrected chi connectivity index (χ0v) is 7.75. The van der Waals surface area contributed by atoms with Crippen LogP contribution < -0.4 is 0 Å². The van der Waals surface area contributed by atoms with Crippen LogP contribution in [0.3, 0.4) is 0 Å². The molecule has 3 heteroatoms. The normalized spacial score (nSPS) is 17.8. The maximum atomic E-state index is 4.30. The molecule has 1 aromatic heterocycles. The minimum absolute atomic E-state index is 1.07. The minimum Gasteiger partial charge on any atom is -0.332 e. The summed E-state index contributed by atoms with van der Waals surface area (Å²) in [6.45, 7) is 8.78. The number of aromatic nitrogens is 2. The van der Waals surface area contributed by atoms with Crippen LogP contribution in [0, 0.1) is 6.92 Å². The zero-order valence-electron chi connectivity index (χ0n) is 7.75. The van der Waals surface area contributed by atoms with Crippen LogP contribution >= 0.6 is 0 Å². The van der Waals surface area contributed by atoms with E-state index in [9.17, 15) is 0 Å². The predicted octanol–water partition coefficient (Wildman–Crippen LogP) is 1.03. The molecule has 1 aromatic rings. The van der Waals surface area contributed by atoms with Crippen molar-refractivity contribution in [1.82, 2.24) is 14.5 Å². The molecule has 0 amide bonds. The molecule has 2 rings (SSSR count). The lowest BCUT2D eigenvalue weighted by molar-refractivity contribution is 0.232. The van der Waals surface area contributed by atoms with Crippen molar-refractivity contribution in [2.45, 2.75) is 26.9 Å². The Hall–Kier alpha value is -0.830. The first-order chi connectivity index (χ1) is 5.81. The van der Waals surface area contributed by atoms with Crippen molar-refractivity contribution in [3.63, 3.8) is 0 Å². The molecular weight excluding hydrogens is 150 g/mol. The quantitative estimate of drug-likeness (QED) is 0.619. The Morgan fingerprint density at radius 2 is 2.33 bits per heavy atom. The number of likely N-dealkylation sites (N-methyl/N-ethyl adjacent to an activating group) is 1. The fourth-order valence-electron chi connectivity index (χ4n) is 1.72. The van der Waals surface area contributed by atoms with Gasteiger partial charge in [-0.15, -0.1) is 0 Å². The van der Waals surface area contributed by atoms with Crippen molar-refractivity contribution in [1.29, 1.82) is 0 Å². The van der Waals surface area contributed by atoms with Crippen LogP contribution in [0.15, 0.2) is 6.33 Å². The van der Waals surface area contributed by atoms with Gasteiger partial charge in [0.05, 0.1) is 17.7 Å². The fraction of sp³-hybridized carbons (Fsp3) is 0.667. The van der Waals surface area contributed by atoms with E-state index in [1.165, 1.54) is 17.9 Å². The van der Waals surface area contributed by atoms with Crippen LogP contribution in [-0.4, -0.2) is 27.5 Å². The van der Waals surface area contributed by atoms with E-state index in [2.05, 4.69) is 28.3 Å². The van der Waals surface area contributed by atoms with Gasteiger partial charge in [-0.25, -0.2) is 4.98 Å². The smallest absolute Gasteiger partial charge is 0.0952 e. The van der Waals surface area contributed by atoms with Crippen LogP contribution in [0.25, 0.3) is 0 Å². The molecule has 0 bridgehead atoms. The van der Waals surface area contributed by atoms with E-state index in [0.29, 0.717) is 0 Å². The van der Waals surface area contributed by atoms with Crippen LogP contribution in [-0.2, 0) is 13.1 Å². The molecule has 0 aliphatic carbocycles. The van der Waals surface area contributed by atoms with Gasteiger partial charge in [0.1, 0.15) is 0 Å². The number of fused-ring (bicyclic) bond motifs is 1. The first kappa shape index (κ1) is 7.80. The van der Waals surface area contributed by atoms with Gasteiger partial charge in [0.25, 0.3) is 0 Å². The van der Waals surface area contributed by atoms with Crippen LogP contribution in [0.5, 0.6) is 0 Å². The van der Waals surface area contributed by atoms with Crippen molar-refractivity contribution in [3.8, 4) is 0 Å². The summed E-state index contributed by atoms with van der Waals surface area (Å²) in [4.78, 5) is 6.75. The molecule has 0 radical (unpaired) electrons. The first-order valence-corrected chi connectivity index (χ1v) is 4.54. The maximum Gasteiger partial charge on any atom is 0.0952 e. The lowest BCUT2D eigenvalue weighted by Gasteiger charge is -2.26. The molecule has 0 saturated carbocycles. The topological polar surface area (TPSA) is 21.1 Å². The number of nitrogens with zero attached hydrogens (tertiary/aromatic N) is 3. The van der Waals surface area contributed by atoms with E-state index in [1.807, 2.05) is 6.33 Å².